The summed E-state index contributed by atoms with van der Waals surface area (Å²) in [6.07, 6.45) is -0.503. The summed E-state index contributed by atoms with van der Waals surface area (Å²) in [4.78, 5) is 27.4. The van der Waals surface area contributed by atoms with Crippen LogP contribution in [0.2, 0.25) is 0 Å². The molecule has 6 nitrogen and oxygen atoms in total. The van der Waals surface area contributed by atoms with Crippen molar-refractivity contribution in [2.75, 3.05) is 20.1 Å². The normalized spacial score (nSPS) is 11.1. The first-order valence-corrected chi connectivity index (χ1v) is 4.86. The van der Waals surface area contributed by atoms with Gasteiger partial charge in [-0.3, -0.25) is 9.36 Å². The number of halogens is 3. The molecule has 0 saturated carbocycles. The molecule has 1 N–H and O–H groups in total. The third kappa shape index (κ3) is 4.44. The predicted molar refractivity (Wildman–Crippen MR) is 54.7 cm³/mol. The van der Waals surface area contributed by atoms with Gasteiger partial charge in [-0.05, 0) is 0 Å². The van der Waals surface area contributed by atoms with Gasteiger partial charge in [-0.15, -0.1) is 0 Å². The van der Waals surface area contributed by atoms with Crippen LogP contribution < -0.4 is 5.32 Å². The molecule has 100 valence electrons. The van der Waals surface area contributed by atoms with Gasteiger partial charge >= 0.3 is 12.2 Å². The van der Waals surface area contributed by atoms with Crippen LogP contribution in [0.4, 0.5) is 18.0 Å². The standard InChI is InChI=1S/C9H11F3N4O2/c1-15(8(18)16-3-2-13-6-16)4-7(17)14-5-9(10,11)12/h2-3,6H,4-5H2,1H3,(H,14,17). The van der Waals surface area contributed by atoms with Crippen LogP contribution in [-0.4, -0.2) is 52.7 Å². The van der Waals surface area contributed by atoms with E-state index >= 15 is 0 Å². The number of aromatic nitrogens is 2. The van der Waals surface area contributed by atoms with E-state index in [4.69, 9.17) is 0 Å². The van der Waals surface area contributed by atoms with Crippen LogP contribution in [0.1, 0.15) is 0 Å². The SMILES string of the molecule is CN(CC(=O)NCC(F)(F)F)C(=O)n1ccnc1. The highest BCUT2D eigenvalue weighted by Gasteiger charge is 2.28. The lowest BCUT2D eigenvalue weighted by Crippen LogP contribution is -2.42. The summed E-state index contributed by atoms with van der Waals surface area (Å²) in [7, 11) is 1.30. The molecule has 1 aromatic rings. The maximum absolute atomic E-state index is 11.8. The van der Waals surface area contributed by atoms with Crippen molar-refractivity contribution in [3.63, 3.8) is 0 Å². The van der Waals surface area contributed by atoms with Crippen LogP contribution in [0.15, 0.2) is 18.7 Å². The second-order valence-corrected chi connectivity index (χ2v) is 3.50. The van der Waals surface area contributed by atoms with Crippen LogP contribution >= 0.6 is 0 Å². The van der Waals surface area contributed by atoms with Gasteiger partial charge in [0.25, 0.3) is 0 Å². The number of carbonyl (C=O) groups excluding carboxylic acids is 2. The monoisotopic (exact) mass is 264 g/mol. The number of nitrogens with one attached hydrogen (secondary N) is 1. The fourth-order valence-corrected chi connectivity index (χ4v) is 1.11. The van der Waals surface area contributed by atoms with Gasteiger partial charge in [0.2, 0.25) is 5.91 Å². The summed E-state index contributed by atoms with van der Waals surface area (Å²) in [6.45, 7) is -1.88. The van der Waals surface area contributed by atoms with Crippen molar-refractivity contribution < 1.29 is 22.8 Å². The average molecular weight is 264 g/mol. The van der Waals surface area contributed by atoms with Crippen LogP contribution in [0.25, 0.3) is 0 Å². The van der Waals surface area contributed by atoms with E-state index in [9.17, 15) is 22.8 Å². The minimum atomic E-state index is -4.47. The van der Waals surface area contributed by atoms with Gasteiger partial charge in [0.05, 0.1) is 0 Å². The number of hydrogen-bond acceptors (Lipinski definition) is 3. The van der Waals surface area contributed by atoms with Crippen LogP contribution in [0.5, 0.6) is 0 Å². The molecule has 1 rings (SSSR count). The van der Waals surface area contributed by atoms with E-state index < -0.39 is 31.2 Å². The molecule has 0 aliphatic carbocycles. The largest absolute Gasteiger partial charge is 0.405 e. The lowest BCUT2D eigenvalue weighted by atomic mass is 10.5. The van der Waals surface area contributed by atoms with Crippen molar-refractivity contribution in [3.05, 3.63) is 18.7 Å². The molecule has 0 aromatic carbocycles. The third-order valence-corrected chi connectivity index (χ3v) is 1.92. The fraction of sp³-hybridized carbons (Fsp3) is 0.444. The molecule has 2 amide bonds. The Morgan fingerprint density at radius 1 is 1.44 bits per heavy atom. The van der Waals surface area contributed by atoms with Crippen molar-refractivity contribution in [2.45, 2.75) is 6.18 Å². The molecule has 0 fully saturated rings. The van der Waals surface area contributed by atoms with Gasteiger partial charge < -0.3 is 10.2 Å². The van der Waals surface area contributed by atoms with Crippen LogP contribution in [0, 0.1) is 0 Å². The highest BCUT2D eigenvalue weighted by atomic mass is 19.4. The lowest BCUT2D eigenvalue weighted by Gasteiger charge is -2.17. The number of amides is 2. The maximum atomic E-state index is 11.8. The Kier molecular flexibility index (Phi) is 4.29. The molecule has 0 saturated heterocycles. The first-order chi connectivity index (χ1) is 8.29. The van der Waals surface area contributed by atoms with E-state index in [-0.39, 0.29) is 0 Å². The molecule has 9 heteroatoms. The minimum absolute atomic E-state index is 0.465. The number of carbonyl (C=O) groups is 2. The Morgan fingerprint density at radius 2 is 2.11 bits per heavy atom. The van der Waals surface area contributed by atoms with Gasteiger partial charge in [-0.2, -0.15) is 13.2 Å². The Bertz CT molecular complexity index is 416. The Hall–Kier alpha value is -2.06. The van der Waals surface area contributed by atoms with Gasteiger partial charge in [-0.25, -0.2) is 9.78 Å². The van der Waals surface area contributed by atoms with Gasteiger partial charge in [0.15, 0.2) is 0 Å². The number of nitrogens with zero attached hydrogens (tertiary/aromatic N) is 3. The highest BCUT2D eigenvalue weighted by molar-refractivity contribution is 5.84. The number of hydrogen-bond donors (Lipinski definition) is 1. The number of alkyl halides is 3. The van der Waals surface area contributed by atoms with Crippen LogP contribution in [-0.2, 0) is 4.79 Å². The topological polar surface area (TPSA) is 67.2 Å². The third-order valence-electron chi connectivity index (χ3n) is 1.92. The summed E-state index contributed by atoms with van der Waals surface area (Å²) < 4.78 is 36.6. The molecule has 0 unspecified atom stereocenters. The van der Waals surface area contributed by atoms with Crippen molar-refractivity contribution in [1.82, 2.24) is 19.8 Å². The predicted octanol–water partition coefficient (Wildman–Crippen LogP) is 0.461. The molecule has 1 heterocycles. The number of likely N-dealkylation sites (N-methyl/N-ethyl adjacent to an activating group) is 1. The van der Waals surface area contributed by atoms with E-state index in [2.05, 4.69) is 4.98 Å². The first kappa shape index (κ1) is 14.0. The second-order valence-electron chi connectivity index (χ2n) is 3.50. The Balaban J connectivity index is 2.43. The summed E-state index contributed by atoms with van der Waals surface area (Å²) in [5.41, 5.74) is 0. The average Bonchev–Trinajstić information content (AvgIpc) is 2.77. The molecular weight excluding hydrogens is 253 g/mol. The van der Waals surface area contributed by atoms with Crippen molar-refractivity contribution >= 4 is 11.9 Å². The molecule has 0 aliphatic heterocycles. The second kappa shape index (κ2) is 5.52. The molecule has 0 aliphatic rings. The summed E-state index contributed by atoms with van der Waals surface area (Å²) >= 11 is 0. The summed E-state index contributed by atoms with van der Waals surface area (Å²) in [6, 6.07) is -0.561. The lowest BCUT2D eigenvalue weighted by molar-refractivity contribution is -0.138. The molecule has 0 radical (unpaired) electrons. The quantitative estimate of drug-likeness (QED) is 0.862. The first-order valence-electron chi connectivity index (χ1n) is 4.86. The summed E-state index contributed by atoms with van der Waals surface area (Å²) in [5.74, 6) is -0.886. The zero-order chi connectivity index (χ0) is 13.8. The van der Waals surface area contributed by atoms with Gasteiger partial charge in [-0.1, -0.05) is 0 Å². The zero-order valence-corrected chi connectivity index (χ0v) is 9.44. The minimum Gasteiger partial charge on any atom is -0.345 e. The summed E-state index contributed by atoms with van der Waals surface area (Å²) in [5, 5.41) is 1.67. The number of rotatable bonds is 3. The Labute approximate surface area is 100 Å². The smallest absolute Gasteiger partial charge is 0.345 e. The van der Waals surface area contributed by atoms with Gasteiger partial charge in [0, 0.05) is 19.4 Å². The molecular formula is C9H11F3N4O2. The molecule has 0 atom stereocenters. The van der Waals surface area contributed by atoms with Crippen LogP contribution in [0.3, 0.4) is 0 Å². The van der Waals surface area contributed by atoms with Crippen molar-refractivity contribution in [2.24, 2.45) is 0 Å². The van der Waals surface area contributed by atoms with Crippen molar-refractivity contribution in [1.29, 1.82) is 0 Å². The molecule has 0 spiro atoms. The van der Waals surface area contributed by atoms with E-state index in [0.29, 0.717) is 0 Å². The van der Waals surface area contributed by atoms with E-state index in [1.807, 2.05) is 0 Å². The Morgan fingerprint density at radius 3 is 2.61 bits per heavy atom. The fourth-order valence-electron chi connectivity index (χ4n) is 1.11. The zero-order valence-electron chi connectivity index (χ0n) is 9.44. The van der Waals surface area contributed by atoms with E-state index in [1.54, 1.807) is 5.32 Å². The molecule has 0 bridgehead atoms. The van der Waals surface area contributed by atoms with E-state index in [1.165, 1.54) is 25.8 Å². The molecule has 1 aromatic heterocycles. The number of imidazole rings is 1. The maximum Gasteiger partial charge on any atom is 0.405 e. The van der Waals surface area contributed by atoms with Gasteiger partial charge in [0.1, 0.15) is 19.4 Å². The van der Waals surface area contributed by atoms with E-state index in [0.717, 1.165) is 9.47 Å². The van der Waals surface area contributed by atoms with Crippen molar-refractivity contribution in [3.8, 4) is 0 Å². The highest BCUT2D eigenvalue weighted by Crippen LogP contribution is 2.11. The molecule has 18 heavy (non-hydrogen) atoms.